The number of nitrogens with zero attached hydrogens (tertiary/aromatic N) is 7. The Morgan fingerprint density at radius 1 is 0.792 bits per heavy atom. The van der Waals surface area contributed by atoms with Gasteiger partial charge in [0, 0.05) is 81.0 Å². The van der Waals surface area contributed by atoms with Gasteiger partial charge in [0.2, 0.25) is 40.7 Å². The van der Waals surface area contributed by atoms with Crippen LogP contribution >= 0.6 is 0 Å². The molecule has 2 amide bonds. The molecule has 8 rings (SSSR count). The second kappa shape index (κ2) is 22.9. The van der Waals surface area contributed by atoms with Crippen LogP contribution in [0.3, 0.4) is 0 Å². The van der Waals surface area contributed by atoms with Gasteiger partial charge < -0.3 is 28.9 Å². The summed E-state index contributed by atoms with van der Waals surface area (Å²) < 4.78 is 85.9. The minimum atomic E-state index is -2.38. The number of likely N-dealkylation sites (tertiary alicyclic amines) is 1. The number of halogens is 5. The lowest BCUT2D eigenvalue weighted by Crippen LogP contribution is -2.39. The van der Waals surface area contributed by atoms with E-state index in [0.29, 0.717) is 37.1 Å². The maximum atomic E-state index is 14.0. The normalized spacial score (nSPS) is 16.2. The zero-order valence-electron chi connectivity index (χ0n) is 40.4. The first-order valence-electron chi connectivity index (χ1n) is 24.1. The molecule has 2 aromatic heterocycles. The van der Waals surface area contributed by atoms with Crippen molar-refractivity contribution in [2.75, 3.05) is 62.8 Å². The Kier molecular flexibility index (Phi) is 16.3. The minimum Gasteiger partial charge on any atom is -0.484 e. The lowest BCUT2D eigenvalue weighted by atomic mass is 9.93. The van der Waals surface area contributed by atoms with Crippen molar-refractivity contribution in [3.8, 4) is 17.2 Å². The molecule has 0 radical (unpaired) electrons. The Balaban J connectivity index is 0.910. The highest BCUT2D eigenvalue weighted by molar-refractivity contribution is 5.94. The van der Waals surface area contributed by atoms with Crippen molar-refractivity contribution in [2.24, 2.45) is 5.92 Å². The van der Waals surface area contributed by atoms with E-state index >= 15 is 0 Å². The first kappa shape index (κ1) is 51.2. The number of fused-ring (bicyclic) bond motifs is 1. The van der Waals surface area contributed by atoms with E-state index in [0.717, 1.165) is 84.8 Å². The number of pyridine rings is 1. The Labute approximate surface area is 413 Å². The summed E-state index contributed by atoms with van der Waals surface area (Å²) in [6.07, 6.45) is 7.03. The number of rotatable bonds is 18. The zero-order chi connectivity index (χ0) is 51.1. The molecule has 1 fully saturated rings. The number of ether oxygens (including phenoxy) is 3. The predicted molar refractivity (Wildman–Crippen MR) is 256 cm³/mol. The molecule has 0 spiro atoms. The van der Waals surface area contributed by atoms with E-state index in [9.17, 15) is 41.1 Å². The van der Waals surface area contributed by atoms with Gasteiger partial charge in [0.1, 0.15) is 11.6 Å². The van der Waals surface area contributed by atoms with Crippen LogP contribution in [0.1, 0.15) is 79.1 Å². The molecule has 0 saturated carbocycles. The molecule has 19 heteroatoms. The van der Waals surface area contributed by atoms with Gasteiger partial charge >= 0.3 is 11.9 Å². The molecule has 0 bridgehead atoms. The van der Waals surface area contributed by atoms with E-state index in [4.69, 9.17) is 19.6 Å². The fraction of sp³-hybridized carbons (Fsp3) is 0.396. The summed E-state index contributed by atoms with van der Waals surface area (Å²) in [6.45, 7) is 7.30. The van der Waals surface area contributed by atoms with E-state index in [1.807, 2.05) is 78.0 Å². The van der Waals surface area contributed by atoms with Crippen LogP contribution in [0.25, 0.3) is 5.69 Å². The number of hydrogen-bond donors (Lipinski definition) is 0. The highest BCUT2D eigenvalue weighted by atomic mass is 19.2. The van der Waals surface area contributed by atoms with Gasteiger partial charge in [-0.15, -0.1) is 0 Å². The standard InChI is InChI=1S/C53H56F5N7O7/c1-33-25-34(2)65(60-33)41-27-37(26-40(29-41)62-21-23-63(24-22-62)43(66)12-7-13-45(68)72-52-50(57)48(55)47(54)49(56)51(52)58)38(28-46(69)70-3)31-61-20-18-35(30-61)14-16-39-17-15-36-9-8-19-64(53(36)59-39)44(67)32-71-42-10-5-4-6-11-42/h4-6,10-11,15,17,21,23,25-27,29,35,38H,7-9,12-14,16,18-20,22,24,28,30-32H2,1-3H3/t35-,38-/m1/s1. The van der Waals surface area contributed by atoms with Crippen LogP contribution in [0.2, 0.25) is 0 Å². The number of carbonyl (C=O) groups is 4. The highest BCUT2D eigenvalue weighted by Gasteiger charge is 2.31. The molecule has 5 aromatic rings. The minimum absolute atomic E-state index is 0.0685. The molecular formula is C53H56F5N7O7. The number of aromatic nitrogens is 3. The molecule has 14 nitrogen and oxygen atoms in total. The average molecular weight is 998 g/mol. The summed E-state index contributed by atoms with van der Waals surface area (Å²) in [5, 5.41) is 4.75. The number of methoxy groups -OCH3 is 1. The van der Waals surface area contributed by atoms with Gasteiger partial charge in [0.25, 0.3) is 5.91 Å². The number of aryl methyl sites for hydroxylation is 4. The first-order valence-corrected chi connectivity index (χ1v) is 24.1. The molecule has 0 unspecified atom stereocenters. The third kappa shape index (κ3) is 12.1. The van der Waals surface area contributed by atoms with Gasteiger partial charge in [0.15, 0.2) is 6.61 Å². The fourth-order valence-corrected chi connectivity index (χ4v) is 9.50. The zero-order valence-corrected chi connectivity index (χ0v) is 40.4. The van der Waals surface area contributed by atoms with Gasteiger partial charge in [-0.2, -0.15) is 13.9 Å². The second-order valence-electron chi connectivity index (χ2n) is 18.4. The van der Waals surface area contributed by atoms with Gasteiger partial charge in [-0.05, 0) is 118 Å². The number of anilines is 2. The Bertz CT molecular complexity index is 2820. The van der Waals surface area contributed by atoms with E-state index in [-0.39, 0.29) is 56.1 Å². The van der Waals surface area contributed by atoms with Crippen LogP contribution in [0.15, 0.2) is 79.1 Å². The van der Waals surface area contributed by atoms with E-state index < -0.39 is 47.2 Å². The fourth-order valence-electron chi connectivity index (χ4n) is 9.50. The van der Waals surface area contributed by atoms with Crippen LogP contribution in [0, 0.1) is 48.9 Å². The molecule has 2 atom stereocenters. The summed E-state index contributed by atoms with van der Waals surface area (Å²) in [6, 6.07) is 21.5. The number of amides is 2. The van der Waals surface area contributed by atoms with E-state index in [1.54, 1.807) is 17.3 Å². The largest absolute Gasteiger partial charge is 0.484 e. The maximum absolute atomic E-state index is 14.0. The molecular weight excluding hydrogens is 942 g/mol. The van der Waals surface area contributed by atoms with Crippen molar-refractivity contribution in [3.63, 3.8) is 0 Å². The number of hydrogen-bond acceptors (Lipinski definition) is 11. The van der Waals surface area contributed by atoms with Crippen LogP contribution in [-0.2, 0) is 36.8 Å². The van der Waals surface area contributed by atoms with Gasteiger partial charge in [-0.3, -0.25) is 24.1 Å². The van der Waals surface area contributed by atoms with Crippen LogP contribution in [-0.4, -0.2) is 101 Å². The van der Waals surface area contributed by atoms with Gasteiger partial charge in [0.05, 0.1) is 24.9 Å². The number of benzene rings is 3. The quantitative estimate of drug-likeness (QED) is 0.0275. The highest BCUT2D eigenvalue weighted by Crippen LogP contribution is 2.34. The molecule has 0 aliphatic carbocycles. The smallest absolute Gasteiger partial charge is 0.311 e. The average Bonchev–Trinajstić information content (AvgIpc) is 4.00. The Morgan fingerprint density at radius 2 is 1.54 bits per heavy atom. The third-order valence-corrected chi connectivity index (χ3v) is 13.3. The lowest BCUT2D eigenvalue weighted by molar-refractivity contribution is -0.141. The topological polar surface area (TPSA) is 140 Å². The predicted octanol–water partition coefficient (Wildman–Crippen LogP) is 8.43. The lowest BCUT2D eigenvalue weighted by Gasteiger charge is -2.31. The van der Waals surface area contributed by atoms with E-state index in [2.05, 4.69) is 21.8 Å². The van der Waals surface area contributed by atoms with Gasteiger partial charge in [-0.1, -0.05) is 24.3 Å². The molecule has 3 aromatic carbocycles. The maximum Gasteiger partial charge on any atom is 0.311 e. The summed E-state index contributed by atoms with van der Waals surface area (Å²) >= 11 is 0. The summed E-state index contributed by atoms with van der Waals surface area (Å²) in [4.78, 5) is 64.5. The number of esters is 2. The molecule has 380 valence electrons. The van der Waals surface area contributed by atoms with Crippen LogP contribution < -0.4 is 19.3 Å². The molecule has 72 heavy (non-hydrogen) atoms. The Hall–Kier alpha value is -7.15. The molecule has 3 aliphatic heterocycles. The molecule has 1 saturated heterocycles. The number of carbonyl (C=O) groups excluding carboxylic acids is 4. The van der Waals surface area contributed by atoms with Crippen molar-refractivity contribution < 1.29 is 55.3 Å². The second-order valence-corrected chi connectivity index (χ2v) is 18.4. The third-order valence-electron chi connectivity index (χ3n) is 13.3. The van der Waals surface area contributed by atoms with Crippen molar-refractivity contribution in [2.45, 2.75) is 77.6 Å². The van der Waals surface area contributed by atoms with Crippen LogP contribution in [0.4, 0.5) is 33.5 Å². The molecule has 0 N–H and O–H groups in total. The first-order chi connectivity index (χ1) is 34.6. The van der Waals surface area contributed by atoms with Crippen molar-refractivity contribution >= 4 is 35.3 Å². The van der Waals surface area contributed by atoms with Crippen LogP contribution in [0.5, 0.6) is 11.5 Å². The monoisotopic (exact) mass is 997 g/mol. The molecule has 5 heterocycles. The van der Waals surface area contributed by atoms with Crippen molar-refractivity contribution in [3.05, 3.63) is 136 Å². The SMILES string of the molecule is COC(=O)C[C@H](CN1CC[C@@H](CCc2ccc3c(n2)N(C(=O)COc2ccccc2)CCC3)C1)c1cc(N2C=CN(C(=O)CCCC(=O)Oc3c(F)c(F)c(F)c(F)c3F)CC2)cc(-n2nc(C)cc2C)c1. The van der Waals surface area contributed by atoms with Crippen molar-refractivity contribution in [1.82, 2.24) is 24.6 Å². The van der Waals surface area contributed by atoms with E-state index in [1.165, 1.54) is 12.0 Å². The summed E-state index contributed by atoms with van der Waals surface area (Å²) in [7, 11) is 1.38. The molecule has 3 aliphatic rings. The van der Waals surface area contributed by atoms with Gasteiger partial charge in [-0.25, -0.2) is 22.8 Å². The summed E-state index contributed by atoms with van der Waals surface area (Å²) in [5.74, 6) is -13.7. The number of para-hydroxylation sites is 1. The Morgan fingerprint density at radius 3 is 2.25 bits per heavy atom. The van der Waals surface area contributed by atoms with Crippen molar-refractivity contribution in [1.29, 1.82) is 0 Å². The summed E-state index contributed by atoms with van der Waals surface area (Å²) in [5.41, 5.74) is 6.22.